The van der Waals surface area contributed by atoms with Gasteiger partial charge in [-0.05, 0) is 18.6 Å². The smallest absolute Gasteiger partial charge is 0.356 e. The number of rotatable bonds is 6. The SMILES string of the molecule is O=C(O)c1cnc(NC(CCO)c2ccco2)cn1. The Kier molecular flexibility index (Phi) is 4.09. The molecule has 1 unspecified atom stereocenters. The Morgan fingerprint density at radius 2 is 2.26 bits per heavy atom. The summed E-state index contributed by atoms with van der Waals surface area (Å²) in [5.41, 5.74) is -0.123. The Hall–Kier alpha value is -2.41. The molecule has 0 aliphatic heterocycles. The van der Waals surface area contributed by atoms with Gasteiger partial charge < -0.3 is 19.9 Å². The van der Waals surface area contributed by atoms with Crippen molar-refractivity contribution in [3.8, 4) is 0 Å². The van der Waals surface area contributed by atoms with Crippen molar-refractivity contribution in [2.75, 3.05) is 11.9 Å². The van der Waals surface area contributed by atoms with Gasteiger partial charge in [0.1, 0.15) is 11.6 Å². The van der Waals surface area contributed by atoms with Crippen LogP contribution in [0.1, 0.15) is 28.7 Å². The molecule has 7 nitrogen and oxygen atoms in total. The second-order valence-corrected chi connectivity index (χ2v) is 3.82. The summed E-state index contributed by atoms with van der Waals surface area (Å²) in [7, 11) is 0. The van der Waals surface area contributed by atoms with Crippen LogP contribution in [-0.4, -0.2) is 32.8 Å². The van der Waals surface area contributed by atoms with Crippen molar-refractivity contribution in [1.82, 2.24) is 9.97 Å². The number of aromatic nitrogens is 2. The van der Waals surface area contributed by atoms with Crippen molar-refractivity contribution in [2.45, 2.75) is 12.5 Å². The molecule has 0 spiro atoms. The molecule has 0 aromatic carbocycles. The zero-order valence-electron chi connectivity index (χ0n) is 9.98. The van der Waals surface area contributed by atoms with E-state index in [0.717, 1.165) is 0 Å². The highest BCUT2D eigenvalue weighted by molar-refractivity contribution is 5.84. The van der Waals surface area contributed by atoms with Crippen molar-refractivity contribution in [3.63, 3.8) is 0 Å². The van der Waals surface area contributed by atoms with Crippen LogP contribution in [0.15, 0.2) is 35.2 Å². The lowest BCUT2D eigenvalue weighted by molar-refractivity contribution is 0.0690. The Balaban J connectivity index is 2.11. The minimum atomic E-state index is -1.13. The van der Waals surface area contributed by atoms with E-state index in [1.165, 1.54) is 12.4 Å². The Morgan fingerprint density at radius 1 is 1.42 bits per heavy atom. The van der Waals surface area contributed by atoms with Crippen LogP contribution >= 0.6 is 0 Å². The van der Waals surface area contributed by atoms with E-state index in [-0.39, 0.29) is 18.3 Å². The molecule has 0 bridgehead atoms. The molecule has 19 heavy (non-hydrogen) atoms. The zero-order valence-corrected chi connectivity index (χ0v) is 9.98. The molecule has 2 heterocycles. The van der Waals surface area contributed by atoms with Gasteiger partial charge in [0, 0.05) is 6.61 Å². The van der Waals surface area contributed by atoms with Gasteiger partial charge in [0.25, 0.3) is 0 Å². The van der Waals surface area contributed by atoms with Gasteiger partial charge in [-0.2, -0.15) is 0 Å². The molecule has 0 aliphatic carbocycles. The number of aromatic carboxylic acids is 1. The number of nitrogens with one attached hydrogen (secondary N) is 1. The standard InChI is InChI=1S/C12H13N3O4/c16-4-3-8(10-2-1-5-19-10)15-11-7-13-9(6-14-11)12(17)18/h1-2,5-8,16H,3-4H2,(H,14,15)(H,17,18). The quantitative estimate of drug-likeness (QED) is 0.720. The summed E-state index contributed by atoms with van der Waals surface area (Å²) >= 11 is 0. The Bertz CT molecular complexity index is 524. The van der Waals surface area contributed by atoms with Gasteiger partial charge >= 0.3 is 5.97 Å². The summed E-state index contributed by atoms with van der Waals surface area (Å²) in [6.45, 7) is -0.0149. The predicted octanol–water partition coefficient (Wildman–Crippen LogP) is 1.30. The van der Waals surface area contributed by atoms with Gasteiger partial charge in [-0.1, -0.05) is 0 Å². The van der Waals surface area contributed by atoms with Crippen LogP contribution in [0.3, 0.4) is 0 Å². The van der Waals surface area contributed by atoms with Gasteiger partial charge in [-0.3, -0.25) is 0 Å². The van der Waals surface area contributed by atoms with Crippen LogP contribution in [0.2, 0.25) is 0 Å². The van der Waals surface area contributed by atoms with E-state index in [1.807, 2.05) is 0 Å². The maximum Gasteiger partial charge on any atom is 0.356 e. The number of carboxylic acid groups (broad SMARTS) is 1. The normalized spacial score (nSPS) is 12.1. The first-order chi connectivity index (χ1) is 9.20. The minimum absolute atomic E-state index is 0.0149. The van der Waals surface area contributed by atoms with E-state index in [4.69, 9.17) is 14.6 Å². The molecule has 100 valence electrons. The third-order valence-electron chi connectivity index (χ3n) is 2.50. The molecule has 2 aromatic heterocycles. The Morgan fingerprint density at radius 3 is 2.79 bits per heavy atom. The van der Waals surface area contributed by atoms with Crippen LogP contribution in [-0.2, 0) is 0 Å². The number of hydrogen-bond acceptors (Lipinski definition) is 6. The molecule has 0 radical (unpaired) electrons. The summed E-state index contributed by atoms with van der Waals surface area (Å²) in [6, 6.07) is 3.29. The average Bonchev–Trinajstić information content (AvgIpc) is 2.92. The topological polar surface area (TPSA) is 108 Å². The van der Waals surface area contributed by atoms with Crippen molar-refractivity contribution in [3.05, 3.63) is 42.2 Å². The zero-order chi connectivity index (χ0) is 13.7. The van der Waals surface area contributed by atoms with Crippen LogP contribution in [0.4, 0.5) is 5.82 Å². The number of hydrogen-bond donors (Lipinski definition) is 3. The lowest BCUT2D eigenvalue weighted by atomic mass is 10.1. The van der Waals surface area contributed by atoms with Gasteiger partial charge in [0.15, 0.2) is 5.69 Å². The molecule has 2 aromatic rings. The van der Waals surface area contributed by atoms with E-state index in [9.17, 15) is 4.79 Å². The fourth-order valence-corrected chi connectivity index (χ4v) is 1.60. The van der Waals surface area contributed by atoms with Crippen molar-refractivity contribution >= 4 is 11.8 Å². The second kappa shape index (κ2) is 5.96. The maximum absolute atomic E-state index is 10.7. The second-order valence-electron chi connectivity index (χ2n) is 3.82. The van der Waals surface area contributed by atoms with Crippen LogP contribution in [0.5, 0.6) is 0 Å². The number of aliphatic hydroxyl groups is 1. The summed E-state index contributed by atoms with van der Waals surface area (Å²) < 4.78 is 5.27. The highest BCUT2D eigenvalue weighted by Crippen LogP contribution is 2.21. The first kappa shape index (κ1) is 13.0. The number of carboxylic acids is 1. The van der Waals surface area contributed by atoms with E-state index in [0.29, 0.717) is 18.0 Å². The van der Waals surface area contributed by atoms with Crippen molar-refractivity contribution in [2.24, 2.45) is 0 Å². The Labute approximate surface area is 108 Å². The molecule has 3 N–H and O–H groups in total. The van der Waals surface area contributed by atoms with Gasteiger partial charge in [0.05, 0.1) is 24.7 Å². The largest absolute Gasteiger partial charge is 0.476 e. The first-order valence-corrected chi connectivity index (χ1v) is 5.67. The number of aliphatic hydroxyl groups excluding tert-OH is 1. The summed E-state index contributed by atoms with van der Waals surface area (Å²) in [5, 5.41) is 20.8. The lowest BCUT2D eigenvalue weighted by Crippen LogP contribution is -2.13. The highest BCUT2D eigenvalue weighted by Gasteiger charge is 2.14. The first-order valence-electron chi connectivity index (χ1n) is 5.67. The number of anilines is 1. The average molecular weight is 263 g/mol. The summed E-state index contributed by atoms with van der Waals surface area (Å²) in [5.74, 6) is -0.0463. The van der Waals surface area contributed by atoms with E-state index in [1.54, 1.807) is 18.4 Å². The molecule has 0 aliphatic rings. The van der Waals surface area contributed by atoms with E-state index < -0.39 is 5.97 Å². The molecule has 7 heteroatoms. The molecular weight excluding hydrogens is 250 g/mol. The third-order valence-corrected chi connectivity index (χ3v) is 2.50. The van der Waals surface area contributed by atoms with Crippen LogP contribution in [0, 0.1) is 0 Å². The minimum Gasteiger partial charge on any atom is -0.476 e. The van der Waals surface area contributed by atoms with E-state index in [2.05, 4.69) is 15.3 Å². The predicted molar refractivity (Wildman–Crippen MR) is 65.8 cm³/mol. The van der Waals surface area contributed by atoms with Crippen LogP contribution < -0.4 is 5.32 Å². The molecule has 0 saturated heterocycles. The number of carbonyl (C=O) groups is 1. The van der Waals surface area contributed by atoms with Crippen molar-refractivity contribution in [1.29, 1.82) is 0 Å². The number of nitrogens with zero attached hydrogens (tertiary/aromatic N) is 2. The highest BCUT2D eigenvalue weighted by atomic mass is 16.4. The van der Waals surface area contributed by atoms with Gasteiger partial charge in [-0.25, -0.2) is 14.8 Å². The molecule has 2 rings (SSSR count). The van der Waals surface area contributed by atoms with E-state index >= 15 is 0 Å². The fourth-order valence-electron chi connectivity index (χ4n) is 1.60. The molecule has 0 amide bonds. The van der Waals surface area contributed by atoms with Crippen molar-refractivity contribution < 1.29 is 19.4 Å². The summed E-state index contributed by atoms with van der Waals surface area (Å²) in [6.07, 6.45) is 4.48. The molecular formula is C12H13N3O4. The molecule has 0 fully saturated rings. The summed E-state index contributed by atoms with van der Waals surface area (Å²) in [4.78, 5) is 18.4. The maximum atomic E-state index is 10.7. The fraction of sp³-hybridized carbons (Fsp3) is 0.250. The molecule has 0 saturated carbocycles. The van der Waals surface area contributed by atoms with Gasteiger partial charge in [-0.15, -0.1) is 0 Å². The third kappa shape index (κ3) is 3.29. The number of furan rings is 1. The van der Waals surface area contributed by atoms with Gasteiger partial charge in [0.2, 0.25) is 0 Å². The van der Waals surface area contributed by atoms with Crippen LogP contribution in [0.25, 0.3) is 0 Å². The molecule has 1 atom stereocenters. The lowest BCUT2D eigenvalue weighted by Gasteiger charge is -2.15. The monoisotopic (exact) mass is 263 g/mol.